The Morgan fingerprint density at radius 1 is 1.13 bits per heavy atom. The molecule has 31 heavy (non-hydrogen) atoms. The van der Waals surface area contributed by atoms with Gasteiger partial charge in [-0.2, -0.15) is 4.68 Å². The molecule has 1 saturated heterocycles. The van der Waals surface area contributed by atoms with Crippen LogP contribution in [0.3, 0.4) is 0 Å². The fraction of sp³-hybridized carbons (Fsp3) is 0.286. The number of hydrogen-bond donors (Lipinski definition) is 2. The standard InChI is InChI=1S/C21H22FN7O2/c1-14-25-26-27-29(14)17-9-10-18(22)19(12-17)24-20(30)15-6-5-11-28(13-15)21(31)23-16-7-3-2-4-8-16/h2-4,7-10,12,15H,5-6,11,13H2,1H3,(H,23,31)(H,24,30). The monoisotopic (exact) mass is 423 g/mol. The Bertz CT molecular complexity index is 1090. The predicted octanol–water partition coefficient (Wildman–Crippen LogP) is 2.99. The Kier molecular flexibility index (Phi) is 5.87. The van der Waals surface area contributed by atoms with Crippen LogP contribution in [0.15, 0.2) is 48.5 Å². The van der Waals surface area contributed by atoms with Crippen molar-refractivity contribution in [3.8, 4) is 5.69 Å². The maximum absolute atomic E-state index is 14.3. The number of piperidine rings is 1. The fourth-order valence-electron chi connectivity index (χ4n) is 3.55. The van der Waals surface area contributed by atoms with E-state index in [4.69, 9.17) is 0 Å². The number of amides is 3. The van der Waals surface area contributed by atoms with Gasteiger partial charge in [-0.3, -0.25) is 4.79 Å². The minimum atomic E-state index is -0.558. The Balaban J connectivity index is 1.42. The van der Waals surface area contributed by atoms with Gasteiger partial charge >= 0.3 is 6.03 Å². The van der Waals surface area contributed by atoms with E-state index < -0.39 is 11.7 Å². The Hall–Kier alpha value is -3.82. The van der Waals surface area contributed by atoms with E-state index in [1.165, 1.54) is 22.9 Å². The highest BCUT2D eigenvalue weighted by atomic mass is 19.1. The normalized spacial score (nSPS) is 16.1. The van der Waals surface area contributed by atoms with E-state index in [1.807, 2.05) is 18.2 Å². The summed E-state index contributed by atoms with van der Waals surface area (Å²) >= 11 is 0. The molecule has 1 aliphatic rings. The molecule has 0 aliphatic carbocycles. The first-order valence-corrected chi connectivity index (χ1v) is 9.98. The van der Waals surface area contributed by atoms with Crippen molar-refractivity contribution < 1.29 is 14.0 Å². The number of halogens is 1. The van der Waals surface area contributed by atoms with Crippen LogP contribution in [-0.2, 0) is 4.79 Å². The van der Waals surface area contributed by atoms with Crippen LogP contribution < -0.4 is 10.6 Å². The van der Waals surface area contributed by atoms with Gasteiger partial charge in [-0.05, 0) is 60.5 Å². The van der Waals surface area contributed by atoms with Gasteiger partial charge < -0.3 is 15.5 Å². The molecule has 0 spiro atoms. The number of benzene rings is 2. The number of tetrazole rings is 1. The summed E-state index contributed by atoms with van der Waals surface area (Å²) < 4.78 is 15.8. The minimum Gasteiger partial charge on any atom is -0.324 e. The zero-order valence-corrected chi connectivity index (χ0v) is 17.0. The molecule has 1 fully saturated rings. The van der Waals surface area contributed by atoms with Gasteiger partial charge in [0.25, 0.3) is 0 Å². The second kappa shape index (κ2) is 8.90. The number of nitrogens with one attached hydrogen (secondary N) is 2. The number of aryl methyl sites for hydroxylation is 1. The van der Waals surface area contributed by atoms with Crippen LogP contribution in [0, 0.1) is 18.7 Å². The molecule has 0 bridgehead atoms. The summed E-state index contributed by atoms with van der Waals surface area (Å²) in [7, 11) is 0. The molecule has 1 atom stereocenters. The quantitative estimate of drug-likeness (QED) is 0.671. The van der Waals surface area contributed by atoms with Crippen LogP contribution in [0.1, 0.15) is 18.7 Å². The second-order valence-corrected chi connectivity index (χ2v) is 7.37. The molecular formula is C21H22FN7O2. The van der Waals surface area contributed by atoms with Gasteiger partial charge in [0.2, 0.25) is 5.91 Å². The maximum atomic E-state index is 14.3. The summed E-state index contributed by atoms with van der Waals surface area (Å²) in [5, 5.41) is 16.7. The Morgan fingerprint density at radius 3 is 2.68 bits per heavy atom. The molecule has 1 aliphatic heterocycles. The Labute approximate surface area is 178 Å². The number of carbonyl (C=O) groups is 2. The third-order valence-electron chi connectivity index (χ3n) is 5.18. The lowest BCUT2D eigenvalue weighted by atomic mass is 9.97. The molecule has 0 radical (unpaired) electrons. The van der Waals surface area contributed by atoms with E-state index in [0.717, 1.165) is 0 Å². The van der Waals surface area contributed by atoms with E-state index in [2.05, 4.69) is 26.2 Å². The van der Waals surface area contributed by atoms with Gasteiger partial charge in [0, 0.05) is 18.8 Å². The third kappa shape index (κ3) is 4.68. The first kappa shape index (κ1) is 20.5. The largest absolute Gasteiger partial charge is 0.324 e. The highest BCUT2D eigenvalue weighted by molar-refractivity contribution is 5.94. The first-order chi connectivity index (χ1) is 15.0. The van der Waals surface area contributed by atoms with Gasteiger partial charge in [0.1, 0.15) is 5.82 Å². The zero-order chi connectivity index (χ0) is 21.8. The summed E-state index contributed by atoms with van der Waals surface area (Å²) in [6, 6.07) is 13.2. The fourth-order valence-corrected chi connectivity index (χ4v) is 3.55. The van der Waals surface area contributed by atoms with Crippen molar-refractivity contribution in [3.63, 3.8) is 0 Å². The van der Waals surface area contributed by atoms with Gasteiger partial charge in [-0.25, -0.2) is 9.18 Å². The number of hydrogen-bond acceptors (Lipinski definition) is 5. The first-order valence-electron chi connectivity index (χ1n) is 9.98. The lowest BCUT2D eigenvalue weighted by Gasteiger charge is -2.32. The lowest BCUT2D eigenvalue weighted by Crippen LogP contribution is -2.45. The molecule has 3 amide bonds. The summed E-state index contributed by atoms with van der Waals surface area (Å²) in [5.41, 5.74) is 1.27. The molecule has 2 aromatic carbocycles. The van der Waals surface area contributed by atoms with Crippen LogP contribution in [0.2, 0.25) is 0 Å². The zero-order valence-electron chi connectivity index (χ0n) is 17.0. The van der Waals surface area contributed by atoms with Crippen molar-refractivity contribution in [2.24, 2.45) is 5.92 Å². The van der Waals surface area contributed by atoms with Gasteiger partial charge in [-0.1, -0.05) is 18.2 Å². The van der Waals surface area contributed by atoms with Gasteiger partial charge in [0.05, 0.1) is 17.3 Å². The topological polar surface area (TPSA) is 105 Å². The van der Waals surface area contributed by atoms with E-state index in [1.54, 1.807) is 24.0 Å². The van der Waals surface area contributed by atoms with E-state index in [-0.39, 0.29) is 24.2 Å². The summed E-state index contributed by atoms with van der Waals surface area (Å²) in [6.07, 6.45) is 1.31. The van der Waals surface area contributed by atoms with Crippen molar-refractivity contribution in [3.05, 3.63) is 60.2 Å². The number of likely N-dealkylation sites (tertiary alicyclic amines) is 1. The molecule has 4 rings (SSSR count). The van der Waals surface area contributed by atoms with Crippen LogP contribution in [0.25, 0.3) is 5.69 Å². The van der Waals surface area contributed by atoms with Crippen molar-refractivity contribution in [1.29, 1.82) is 0 Å². The average Bonchev–Trinajstić information content (AvgIpc) is 3.22. The molecule has 3 aromatic rings. The van der Waals surface area contributed by atoms with E-state index in [9.17, 15) is 14.0 Å². The molecule has 2 N–H and O–H groups in total. The molecular weight excluding hydrogens is 401 g/mol. The van der Waals surface area contributed by atoms with E-state index >= 15 is 0 Å². The molecule has 1 unspecified atom stereocenters. The predicted molar refractivity (Wildman–Crippen MR) is 112 cm³/mol. The second-order valence-electron chi connectivity index (χ2n) is 7.37. The number of rotatable bonds is 4. The van der Waals surface area contributed by atoms with Gasteiger partial charge in [-0.15, -0.1) is 5.10 Å². The summed E-state index contributed by atoms with van der Waals surface area (Å²) in [4.78, 5) is 27.0. The van der Waals surface area contributed by atoms with E-state index in [0.29, 0.717) is 36.6 Å². The van der Waals surface area contributed by atoms with Crippen molar-refractivity contribution in [2.45, 2.75) is 19.8 Å². The number of carbonyl (C=O) groups excluding carboxylic acids is 2. The molecule has 9 nitrogen and oxygen atoms in total. The Morgan fingerprint density at radius 2 is 1.94 bits per heavy atom. The molecule has 2 heterocycles. The molecule has 160 valence electrons. The van der Waals surface area contributed by atoms with Crippen molar-refractivity contribution >= 4 is 23.3 Å². The third-order valence-corrected chi connectivity index (χ3v) is 5.18. The van der Waals surface area contributed by atoms with Crippen LogP contribution >= 0.6 is 0 Å². The van der Waals surface area contributed by atoms with Gasteiger partial charge in [0.15, 0.2) is 5.82 Å². The minimum absolute atomic E-state index is 0.0447. The smallest absolute Gasteiger partial charge is 0.321 e. The highest BCUT2D eigenvalue weighted by Crippen LogP contribution is 2.23. The molecule has 1 aromatic heterocycles. The number of nitrogens with zero attached hydrogens (tertiary/aromatic N) is 5. The SMILES string of the molecule is Cc1nnnn1-c1ccc(F)c(NC(=O)C2CCCN(C(=O)Nc3ccccc3)C2)c1. The number of urea groups is 1. The number of aromatic nitrogens is 4. The van der Waals surface area contributed by atoms with Crippen LogP contribution in [-0.4, -0.2) is 50.1 Å². The molecule has 0 saturated carbocycles. The summed E-state index contributed by atoms with van der Waals surface area (Å²) in [6.45, 7) is 2.54. The lowest BCUT2D eigenvalue weighted by molar-refractivity contribution is -0.121. The number of para-hydroxylation sites is 1. The van der Waals surface area contributed by atoms with Crippen molar-refractivity contribution in [2.75, 3.05) is 23.7 Å². The van der Waals surface area contributed by atoms with Crippen LogP contribution in [0.4, 0.5) is 20.6 Å². The summed E-state index contributed by atoms with van der Waals surface area (Å²) in [5.74, 6) is -0.789. The molecule has 10 heteroatoms. The van der Waals surface area contributed by atoms with Crippen molar-refractivity contribution in [1.82, 2.24) is 25.1 Å². The van der Waals surface area contributed by atoms with Crippen LogP contribution in [0.5, 0.6) is 0 Å². The highest BCUT2D eigenvalue weighted by Gasteiger charge is 2.29. The average molecular weight is 423 g/mol. The maximum Gasteiger partial charge on any atom is 0.321 e. The number of anilines is 2.